The number of primary amides is 1. The fourth-order valence-corrected chi connectivity index (χ4v) is 1.87. The number of rotatable bonds is 5. The molecule has 21 heavy (non-hydrogen) atoms. The normalized spacial score (nSPS) is 12.3. The Balaban J connectivity index is 3.05. The summed E-state index contributed by atoms with van der Waals surface area (Å²) < 4.78 is 37.0. The quantitative estimate of drug-likeness (QED) is 0.858. The van der Waals surface area contributed by atoms with Gasteiger partial charge in [-0.1, -0.05) is 11.6 Å². The molecule has 1 rings (SSSR count). The standard InChI is InChI=1S/C11H14ClF3N4O2/c1-10(2,3-7(16)20)18-6-4-17-19(5-11(13,14)15)9(21)8(6)12/h4,18H,3,5H2,1-2H3,(H2,16,20). The molecule has 1 aromatic heterocycles. The van der Waals surface area contributed by atoms with Crippen LogP contribution in [-0.4, -0.2) is 27.4 Å². The summed E-state index contributed by atoms with van der Waals surface area (Å²) in [6, 6.07) is 0. The van der Waals surface area contributed by atoms with Crippen molar-refractivity contribution in [3.05, 3.63) is 21.6 Å². The first kappa shape index (κ1) is 17.3. The number of amides is 1. The van der Waals surface area contributed by atoms with Crippen LogP contribution in [0.4, 0.5) is 18.9 Å². The van der Waals surface area contributed by atoms with Crippen LogP contribution in [0.25, 0.3) is 0 Å². The summed E-state index contributed by atoms with van der Waals surface area (Å²) in [4.78, 5) is 22.6. The molecule has 1 aromatic rings. The number of hydrogen-bond donors (Lipinski definition) is 2. The van der Waals surface area contributed by atoms with Crippen molar-refractivity contribution in [2.24, 2.45) is 5.73 Å². The van der Waals surface area contributed by atoms with Crippen LogP contribution in [-0.2, 0) is 11.3 Å². The van der Waals surface area contributed by atoms with E-state index in [9.17, 15) is 22.8 Å². The van der Waals surface area contributed by atoms with Crippen molar-refractivity contribution in [1.82, 2.24) is 9.78 Å². The third kappa shape index (κ3) is 5.25. The summed E-state index contributed by atoms with van der Waals surface area (Å²) in [7, 11) is 0. The van der Waals surface area contributed by atoms with Gasteiger partial charge in [-0.3, -0.25) is 9.59 Å². The SMILES string of the molecule is CC(C)(CC(N)=O)Nc1cnn(CC(F)(F)F)c(=O)c1Cl. The predicted octanol–water partition coefficient (Wildman–Crippen LogP) is 1.52. The largest absolute Gasteiger partial charge is 0.408 e. The molecular formula is C11H14ClF3N4O2. The number of alkyl halides is 3. The van der Waals surface area contributed by atoms with Crippen LogP contribution in [0.2, 0.25) is 5.02 Å². The highest BCUT2D eigenvalue weighted by molar-refractivity contribution is 6.32. The molecule has 0 radical (unpaired) electrons. The molecule has 0 atom stereocenters. The number of aromatic nitrogens is 2. The van der Waals surface area contributed by atoms with Crippen molar-refractivity contribution in [3.63, 3.8) is 0 Å². The maximum Gasteiger partial charge on any atom is 0.408 e. The van der Waals surface area contributed by atoms with E-state index in [1.807, 2.05) is 0 Å². The third-order valence-electron chi connectivity index (χ3n) is 2.40. The van der Waals surface area contributed by atoms with Gasteiger partial charge in [-0.05, 0) is 13.8 Å². The second-order valence-corrected chi connectivity index (χ2v) is 5.48. The zero-order chi connectivity index (χ0) is 16.4. The maximum absolute atomic E-state index is 12.3. The summed E-state index contributed by atoms with van der Waals surface area (Å²) in [5.41, 5.74) is 3.20. The van der Waals surface area contributed by atoms with Gasteiger partial charge in [-0.15, -0.1) is 0 Å². The Labute approximate surface area is 123 Å². The predicted molar refractivity (Wildman–Crippen MR) is 71.1 cm³/mol. The second-order valence-electron chi connectivity index (χ2n) is 5.10. The van der Waals surface area contributed by atoms with Gasteiger partial charge in [0.1, 0.15) is 11.6 Å². The Morgan fingerprint density at radius 2 is 2.05 bits per heavy atom. The smallest absolute Gasteiger partial charge is 0.377 e. The van der Waals surface area contributed by atoms with Gasteiger partial charge in [-0.25, -0.2) is 4.68 Å². The van der Waals surface area contributed by atoms with Crippen LogP contribution >= 0.6 is 11.6 Å². The van der Waals surface area contributed by atoms with Crippen LogP contribution in [0.1, 0.15) is 20.3 Å². The van der Waals surface area contributed by atoms with Crippen LogP contribution in [0, 0.1) is 0 Å². The second kappa shape index (κ2) is 5.92. The van der Waals surface area contributed by atoms with Gasteiger partial charge in [-0.2, -0.15) is 18.3 Å². The van der Waals surface area contributed by atoms with Crippen LogP contribution in [0.3, 0.4) is 0 Å². The monoisotopic (exact) mass is 326 g/mol. The van der Waals surface area contributed by atoms with Crippen molar-refractivity contribution < 1.29 is 18.0 Å². The molecule has 0 aliphatic heterocycles. The minimum absolute atomic E-state index is 0.0336. The van der Waals surface area contributed by atoms with Crippen molar-refractivity contribution >= 4 is 23.2 Å². The van der Waals surface area contributed by atoms with Crippen molar-refractivity contribution in [1.29, 1.82) is 0 Å². The number of nitrogens with one attached hydrogen (secondary N) is 1. The van der Waals surface area contributed by atoms with Crippen LogP contribution < -0.4 is 16.6 Å². The highest BCUT2D eigenvalue weighted by Crippen LogP contribution is 2.23. The highest BCUT2D eigenvalue weighted by atomic mass is 35.5. The average molecular weight is 327 g/mol. The molecule has 0 bridgehead atoms. The Kier molecular flexibility index (Phi) is 4.87. The van der Waals surface area contributed by atoms with E-state index in [2.05, 4.69) is 10.4 Å². The third-order valence-corrected chi connectivity index (χ3v) is 2.77. The first-order valence-electron chi connectivity index (χ1n) is 5.80. The van der Waals surface area contributed by atoms with Crippen molar-refractivity contribution in [3.8, 4) is 0 Å². The molecule has 0 fully saturated rings. The van der Waals surface area contributed by atoms with Gasteiger partial charge >= 0.3 is 6.18 Å². The lowest BCUT2D eigenvalue weighted by Crippen LogP contribution is -2.37. The van der Waals surface area contributed by atoms with Gasteiger partial charge in [0.05, 0.1) is 11.9 Å². The molecule has 0 saturated heterocycles. The molecular weight excluding hydrogens is 313 g/mol. The fraction of sp³-hybridized carbons (Fsp3) is 0.545. The summed E-state index contributed by atoms with van der Waals surface area (Å²) in [6.07, 6.45) is -3.65. The molecule has 0 aliphatic carbocycles. The molecule has 1 heterocycles. The average Bonchev–Trinajstić information content (AvgIpc) is 2.25. The van der Waals surface area contributed by atoms with Crippen molar-refractivity contribution in [2.75, 3.05) is 5.32 Å². The minimum atomic E-state index is -4.58. The van der Waals surface area contributed by atoms with E-state index in [0.717, 1.165) is 6.20 Å². The zero-order valence-electron chi connectivity index (χ0n) is 11.3. The molecule has 3 N–H and O–H groups in total. The van der Waals surface area contributed by atoms with Crippen molar-refractivity contribution in [2.45, 2.75) is 38.5 Å². The number of nitrogens with two attached hydrogens (primary N) is 1. The van der Waals surface area contributed by atoms with Gasteiger partial charge < -0.3 is 11.1 Å². The molecule has 1 amide bonds. The van der Waals surface area contributed by atoms with E-state index in [4.69, 9.17) is 17.3 Å². The minimum Gasteiger partial charge on any atom is -0.377 e. The first-order chi connectivity index (χ1) is 9.41. The molecule has 0 aliphatic rings. The molecule has 118 valence electrons. The summed E-state index contributed by atoms with van der Waals surface area (Å²) in [6.45, 7) is 1.71. The number of anilines is 1. The Morgan fingerprint density at radius 1 is 1.48 bits per heavy atom. The Bertz CT molecular complexity index is 598. The molecule has 10 heteroatoms. The molecule has 0 saturated carbocycles. The first-order valence-corrected chi connectivity index (χ1v) is 6.18. The van der Waals surface area contributed by atoms with E-state index in [1.165, 1.54) is 0 Å². The molecule has 0 aromatic carbocycles. The number of halogens is 4. The van der Waals surface area contributed by atoms with Crippen LogP contribution in [0.15, 0.2) is 11.0 Å². The summed E-state index contributed by atoms with van der Waals surface area (Å²) >= 11 is 5.75. The lowest BCUT2D eigenvalue weighted by molar-refractivity contribution is -0.143. The Hall–Kier alpha value is -1.77. The van der Waals surface area contributed by atoms with E-state index in [-0.39, 0.29) is 16.8 Å². The lowest BCUT2D eigenvalue weighted by Gasteiger charge is -2.26. The maximum atomic E-state index is 12.3. The van der Waals surface area contributed by atoms with Gasteiger partial charge in [0.25, 0.3) is 5.56 Å². The molecule has 0 unspecified atom stereocenters. The molecule has 6 nitrogen and oxygen atoms in total. The highest BCUT2D eigenvalue weighted by Gasteiger charge is 2.30. The number of hydrogen-bond acceptors (Lipinski definition) is 4. The van der Waals surface area contributed by atoms with Crippen LogP contribution in [0.5, 0.6) is 0 Å². The Morgan fingerprint density at radius 3 is 2.52 bits per heavy atom. The van der Waals surface area contributed by atoms with Gasteiger partial charge in [0.2, 0.25) is 5.91 Å². The summed E-state index contributed by atoms with van der Waals surface area (Å²) in [5.74, 6) is -0.581. The molecule has 0 spiro atoms. The number of carbonyl (C=O) groups excluding carboxylic acids is 1. The van der Waals surface area contributed by atoms with Gasteiger partial charge in [0.15, 0.2) is 0 Å². The fourth-order valence-electron chi connectivity index (χ4n) is 1.68. The van der Waals surface area contributed by atoms with E-state index in [0.29, 0.717) is 0 Å². The lowest BCUT2D eigenvalue weighted by atomic mass is 10.00. The van der Waals surface area contributed by atoms with E-state index >= 15 is 0 Å². The number of nitrogens with zero attached hydrogens (tertiary/aromatic N) is 2. The zero-order valence-corrected chi connectivity index (χ0v) is 12.0. The van der Waals surface area contributed by atoms with E-state index < -0.39 is 34.7 Å². The van der Waals surface area contributed by atoms with Gasteiger partial charge in [0, 0.05) is 12.0 Å². The van der Waals surface area contributed by atoms with E-state index in [1.54, 1.807) is 13.8 Å². The topological polar surface area (TPSA) is 90.0 Å². The summed E-state index contributed by atoms with van der Waals surface area (Å²) in [5, 5.41) is 5.73. The number of carbonyl (C=O) groups is 1.